The zero-order valence-electron chi connectivity index (χ0n) is 10.8. The summed E-state index contributed by atoms with van der Waals surface area (Å²) in [4.78, 5) is 0.426. The van der Waals surface area contributed by atoms with E-state index in [9.17, 15) is 8.42 Å². The van der Waals surface area contributed by atoms with Gasteiger partial charge in [0.2, 0.25) is 0 Å². The summed E-state index contributed by atoms with van der Waals surface area (Å²) in [7, 11) is -3.15. The van der Waals surface area contributed by atoms with E-state index in [1.165, 1.54) is 0 Å². The van der Waals surface area contributed by atoms with Crippen LogP contribution in [0.25, 0.3) is 0 Å². The van der Waals surface area contributed by atoms with Gasteiger partial charge in [-0.15, -0.1) is 0 Å². The van der Waals surface area contributed by atoms with E-state index in [1.807, 2.05) is 26.0 Å². The fourth-order valence-corrected chi connectivity index (χ4v) is 4.38. The van der Waals surface area contributed by atoms with E-state index >= 15 is 0 Å². The van der Waals surface area contributed by atoms with Gasteiger partial charge in [0.25, 0.3) is 0 Å². The lowest BCUT2D eigenvalue weighted by molar-refractivity contribution is 0.292. The van der Waals surface area contributed by atoms with Crippen LogP contribution in [0.1, 0.15) is 25.8 Å². The fraction of sp³-hybridized carbons (Fsp3) is 0.538. The van der Waals surface area contributed by atoms with Gasteiger partial charge in [-0.3, -0.25) is 0 Å². The van der Waals surface area contributed by atoms with Gasteiger partial charge in [0.15, 0.2) is 9.84 Å². The second-order valence-electron chi connectivity index (χ2n) is 5.15. The maximum atomic E-state index is 12.1. The van der Waals surface area contributed by atoms with Crippen molar-refractivity contribution in [3.63, 3.8) is 0 Å². The molecule has 5 heteroatoms. The zero-order valence-corrected chi connectivity index (χ0v) is 11.6. The Kier molecular flexibility index (Phi) is 3.49. The molecule has 2 rings (SSSR count). The number of hydrogen-bond donors (Lipinski definition) is 2. The summed E-state index contributed by atoms with van der Waals surface area (Å²) in [6.07, 6.45) is 0.529. The summed E-state index contributed by atoms with van der Waals surface area (Å²) in [6.45, 7) is 4.49. The Labute approximate surface area is 108 Å². The van der Waals surface area contributed by atoms with Crippen molar-refractivity contribution in [1.29, 1.82) is 0 Å². The summed E-state index contributed by atoms with van der Waals surface area (Å²) < 4.78 is 24.2. The minimum absolute atomic E-state index is 0.154. The average molecular weight is 268 g/mol. The Hall–Kier alpha value is -0.910. The Balaban J connectivity index is 2.59. The first kappa shape index (κ1) is 13.5. The van der Waals surface area contributed by atoms with Crippen LogP contribution in [0, 0.1) is 0 Å². The quantitative estimate of drug-likeness (QED) is 0.858. The minimum Gasteiger partial charge on any atom is -0.328 e. The third kappa shape index (κ3) is 2.18. The van der Waals surface area contributed by atoms with E-state index in [0.717, 1.165) is 5.56 Å². The van der Waals surface area contributed by atoms with E-state index in [-0.39, 0.29) is 11.8 Å². The van der Waals surface area contributed by atoms with Gasteiger partial charge in [0, 0.05) is 12.6 Å². The van der Waals surface area contributed by atoms with E-state index < -0.39 is 15.4 Å². The Bertz CT molecular complexity index is 540. The molecule has 0 aliphatic carbocycles. The van der Waals surface area contributed by atoms with Gasteiger partial charge in [-0.05, 0) is 31.9 Å². The molecule has 0 saturated heterocycles. The Morgan fingerprint density at radius 2 is 2.06 bits per heavy atom. The third-order valence-corrected chi connectivity index (χ3v) is 5.22. The normalized spacial score (nSPS) is 26.0. The number of fused-ring (bicyclic) bond motifs is 1. The first-order chi connectivity index (χ1) is 8.41. The van der Waals surface area contributed by atoms with Gasteiger partial charge in [0.05, 0.1) is 16.2 Å². The van der Waals surface area contributed by atoms with Crippen LogP contribution in [0.4, 0.5) is 0 Å². The smallest absolute Gasteiger partial charge is 0.178 e. The van der Waals surface area contributed by atoms with Crippen molar-refractivity contribution in [2.75, 3.05) is 12.3 Å². The summed E-state index contributed by atoms with van der Waals surface area (Å²) in [5.41, 5.74) is 6.32. The first-order valence-corrected chi connectivity index (χ1v) is 7.86. The lowest BCUT2D eigenvalue weighted by Crippen LogP contribution is -2.54. The van der Waals surface area contributed by atoms with Gasteiger partial charge >= 0.3 is 0 Å². The molecular formula is C13H20N2O2S. The molecule has 1 atom stereocenters. The Morgan fingerprint density at radius 3 is 2.67 bits per heavy atom. The zero-order chi connectivity index (χ0) is 13.4. The lowest BCUT2D eigenvalue weighted by atomic mass is 9.86. The molecule has 1 aliphatic heterocycles. The predicted octanol–water partition coefficient (Wildman–Crippen LogP) is 1.02. The molecule has 0 saturated carbocycles. The molecule has 4 nitrogen and oxygen atoms in total. The summed E-state index contributed by atoms with van der Waals surface area (Å²) in [5.74, 6) is 0.154. The summed E-state index contributed by atoms with van der Waals surface area (Å²) in [5, 5.41) is 3.45. The van der Waals surface area contributed by atoms with Crippen LogP contribution in [0.15, 0.2) is 29.2 Å². The highest BCUT2D eigenvalue weighted by molar-refractivity contribution is 7.91. The number of nitrogens with one attached hydrogen (secondary N) is 1. The lowest BCUT2D eigenvalue weighted by Gasteiger charge is -2.40. The molecule has 1 unspecified atom stereocenters. The van der Waals surface area contributed by atoms with Crippen LogP contribution < -0.4 is 11.1 Å². The highest BCUT2D eigenvalue weighted by atomic mass is 32.2. The molecule has 0 amide bonds. The number of nitrogens with two attached hydrogens (primary N) is 1. The molecule has 0 bridgehead atoms. The van der Waals surface area contributed by atoms with E-state index in [1.54, 1.807) is 12.1 Å². The van der Waals surface area contributed by atoms with E-state index in [2.05, 4.69) is 5.32 Å². The summed E-state index contributed by atoms with van der Waals surface area (Å²) >= 11 is 0. The fourth-order valence-electron chi connectivity index (χ4n) is 2.66. The largest absolute Gasteiger partial charge is 0.328 e. The van der Waals surface area contributed by atoms with E-state index in [0.29, 0.717) is 17.9 Å². The van der Waals surface area contributed by atoms with Crippen LogP contribution in [0.5, 0.6) is 0 Å². The monoisotopic (exact) mass is 268 g/mol. The van der Waals surface area contributed by atoms with Gasteiger partial charge in [0.1, 0.15) is 0 Å². The van der Waals surface area contributed by atoms with Crippen LogP contribution in [0.3, 0.4) is 0 Å². The SMILES string of the molecule is CC(C)NC1(CN)CCS(=O)(=O)c2ccccc21. The molecule has 1 heterocycles. The molecule has 1 aromatic rings. The number of sulfone groups is 1. The molecule has 0 fully saturated rings. The van der Waals surface area contributed by atoms with Crippen molar-refractivity contribution >= 4 is 9.84 Å². The summed E-state index contributed by atoms with van der Waals surface area (Å²) in [6, 6.07) is 7.43. The Morgan fingerprint density at radius 1 is 1.39 bits per heavy atom. The predicted molar refractivity (Wildman–Crippen MR) is 72.1 cm³/mol. The first-order valence-electron chi connectivity index (χ1n) is 6.21. The number of hydrogen-bond acceptors (Lipinski definition) is 4. The molecule has 0 aromatic heterocycles. The second-order valence-corrected chi connectivity index (χ2v) is 7.23. The number of benzene rings is 1. The molecule has 3 N–H and O–H groups in total. The average Bonchev–Trinajstić information content (AvgIpc) is 2.33. The maximum Gasteiger partial charge on any atom is 0.178 e. The molecule has 1 aromatic carbocycles. The van der Waals surface area contributed by atoms with Crippen molar-refractivity contribution in [3.05, 3.63) is 29.8 Å². The van der Waals surface area contributed by atoms with Crippen molar-refractivity contribution in [2.45, 2.75) is 36.7 Å². The minimum atomic E-state index is -3.15. The van der Waals surface area contributed by atoms with Crippen LogP contribution in [-0.2, 0) is 15.4 Å². The van der Waals surface area contributed by atoms with Crippen LogP contribution in [0.2, 0.25) is 0 Å². The number of rotatable bonds is 3. The van der Waals surface area contributed by atoms with Crippen LogP contribution in [-0.4, -0.2) is 26.8 Å². The molecule has 100 valence electrons. The molecule has 0 spiro atoms. The third-order valence-electron chi connectivity index (χ3n) is 3.45. The second kappa shape index (κ2) is 4.64. The van der Waals surface area contributed by atoms with Crippen molar-refractivity contribution < 1.29 is 8.42 Å². The van der Waals surface area contributed by atoms with Gasteiger partial charge in [-0.1, -0.05) is 18.2 Å². The topological polar surface area (TPSA) is 72.2 Å². The molecule has 0 radical (unpaired) electrons. The highest BCUT2D eigenvalue weighted by Gasteiger charge is 2.41. The van der Waals surface area contributed by atoms with Crippen molar-refractivity contribution in [3.8, 4) is 0 Å². The van der Waals surface area contributed by atoms with Crippen LogP contribution >= 0.6 is 0 Å². The maximum absolute atomic E-state index is 12.1. The van der Waals surface area contributed by atoms with Gasteiger partial charge < -0.3 is 11.1 Å². The van der Waals surface area contributed by atoms with Gasteiger partial charge in [-0.25, -0.2) is 8.42 Å². The van der Waals surface area contributed by atoms with E-state index in [4.69, 9.17) is 5.73 Å². The van der Waals surface area contributed by atoms with Crippen molar-refractivity contribution in [1.82, 2.24) is 5.32 Å². The van der Waals surface area contributed by atoms with Crippen molar-refractivity contribution in [2.24, 2.45) is 5.73 Å². The molecular weight excluding hydrogens is 248 g/mol. The highest BCUT2D eigenvalue weighted by Crippen LogP contribution is 2.36. The molecule has 18 heavy (non-hydrogen) atoms. The standard InChI is InChI=1S/C13H20N2O2S/c1-10(2)15-13(9-14)7-8-18(16,17)12-6-4-3-5-11(12)13/h3-6,10,15H,7-9,14H2,1-2H3. The molecule has 1 aliphatic rings. The van der Waals surface area contributed by atoms with Gasteiger partial charge in [-0.2, -0.15) is 0 Å².